The third-order valence-corrected chi connectivity index (χ3v) is 2.81. The van der Waals surface area contributed by atoms with E-state index in [2.05, 4.69) is 20.5 Å². The SMILES string of the molecule is CNC(=O)CCn1c(-c2ccccn2)n[nH]c1=S. The molecule has 0 spiro atoms. The summed E-state index contributed by atoms with van der Waals surface area (Å²) in [5.41, 5.74) is 0.724. The summed E-state index contributed by atoms with van der Waals surface area (Å²) in [5, 5.41) is 9.44. The van der Waals surface area contributed by atoms with E-state index in [1.54, 1.807) is 17.8 Å². The number of amides is 1. The Morgan fingerprint density at radius 3 is 3.06 bits per heavy atom. The summed E-state index contributed by atoms with van der Waals surface area (Å²) in [5.74, 6) is 0.606. The van der Waals surface area contributed by atoms with Crippen molar-refractivity contribution in [3.8, 4) is 11.5 Å². The highest BCUT2D eigenvalue weighted by molar-refractivity contribution is 7.71. The minimum absolute atomic E-state index is 0.0370. The van der Waals surface area contributed by atoms with Gasteiger partial charge in [-0.3, -0.25) is 19.4 Å². The number of carbonyl (C=O) groups is 1. The molecule has 94 valence electrons. The first-order chi connectivity index (χ1) is 8.72. The van der Waals surface area contributed by atoms with Gasteiger partial charge in [0, 0.05) is 26.2 Å². The zero-order valence-corrected chi connectivity index (χ0v) is 10.7. The van der Waals surface area contributed by atoms with Crippen molar-refractivity contribution in [2.24, 2.45) is 0 Å². The minimum Gasteiger partial charge on any atom is -0.359 e. The molecule has 0 aliphatic heterocycles. The molecule has 2 aromatic rings. The van der Waals surface area contributed by atoms with Gasteiger partial charge in [-0.05, 0) is 24.4 Å². The van der Waals surface area contributed by atoms with Crippen LogP contribution in [0.3, 0.4) is 0 Å². The number of nitrogens with one attached hydrogen (secondary N) is 2. The Labute approximate surface area is 109 Å². The maximum Gasteiger partial charge on any atom is 0.221 e. The fraction of sp³-hybridized carbons (Fsp3) is 0.273. The zero-order chi connectivity index (χ0) is 13.0. The van der Waals surface area contributed by atoms with Crippen LogP contribution in [0.2, 0.25) is 0 Å². The molecule has 0 saturated heterocycles. The number of rotatable bonds is 4. The van der Waals surface area contributed by atoms with E-state index >= 15 is 0 Å². The fourth-order valence-corrected chi connectivity index (χ4v) is 1.78. The Bertz CT molecular complexity index is 589. The number of carbonyl (C=O) groups excluding carboxylic acids is 1. The molecule has 0 saturated carbocycles. The monoisotopic (exact) mass is 263 g/mol. The van der Waals surface area contributed by atoms with Gasteiger partial charge >= 0.3 is 0 Å². The number of hydrogen-bond acceptors (Lipinski definition) is 4. The highest BCUT2D eigenvalue weighted by Crippen LogP contribution is 2.14. The maximum absolute atomic E-state index is 11.3. The Morgan fingerprint density at radius 1 is 1.56 bits per heavy atom. The molecule has 2 aromatic heterocycles. The predicted molar refractivity (Wildman–Crippen MR) is 69.3 cm³/mol. The first-order valence-corrected chi connectivity index (χ1v) is 5.90. The standard InChI is InChI=1S/C11H13N5OS/c1-12-9(17)5-7-16-10(14-15-11(16)18)8-4-2-3-6-13-8/h2-4,6H,5,7H2,1H3,(H,12,17)(H,15,18). The van der Waals surface area contributed by atoms with E-state index in [1.165, 1.54) is 0 Å². The van der Waals surface area contributed by atoms with Crippen LogP contribution in [0.1, 0.15) is 6.42 Å². The first kappa shape index (κ1) is 12.4. The summed E-state index contributed by atoms with van der Waals surface area (Å²) in [4.78, 5) is 15.5. The molecule has 7 heteroatoms. The van der Waals surface area contributed by atoms with Crippen LogP contribution in [0, 0.1) is 4.77 Å². The average Bonchev–Trinajstić information content (AvgIpc) is 2.78. The largest absolute Gasteiger partial charge is 0.359 e. The Balaban J connectivity index is 2.28. The van der Waals surface area contributed by atoms with Crippen LogP contribution in [0.4, 0.5) is 0 Å². The molecule has 2 rings (SSSR count). The smallest absolute Gasteiger partial charge is 0.221 e. The van der Waals surface area contributed by atoms with Gasteiger partial charge in [-0.25, -0.2) is 0 Å². The number of nitrogens with zero attached hydrogens (tertiary/aromatic N) is 3. The van der Waals surface area contributed by atoms with Crippen molar-refractivity contribution in [1.82, 2.24) is 25.1 Å². The van der Waals surface area contributed by atoms with E-state index in [1.807, 2.05) is 18.2 Å². The van der Waals surface area contributed by atoms with Gasteiger partial charge in [-0.15, -0.1) is 0 Å². The molecule has 0 fully saturated rings. The Morgan fingerprint density at radius 2 is 2.39 bits per heavy atom. The molecule has 0 aliphatic rings. The van der Waals surface area contributed by atoms with Crippen LogP contribution in [-0.2, 0) is 11.3 Å². The van der Waals surface area contributed by atoms with E-state index in [0.29, 0.717) is 23.6 Å². The van der Waals surface area contributed by atoms with E-state index in [-0.39, 0.29) is 5.91 Å². The van der Waals surface area contributed by atoms with Gasteiger partial charge in [0.25, 0.3) is 0 Å². The second-order valence-electron chi connectivity index (χ2n) is 3.64. The summed E-state index contributed by atoms with van der Waals surface area (Å²) in [7, 11) is 1.61. The lowest BCUT2D eigenvalue weighted by atomic mass is 10.3. The van der Waals surface area contributed by atoms with Gasteiger partial charge in [0.2, 0.25) is 5.91 Å². The molecule has 0 radical (unpaired) electrons. The van der Waals surface area contributed by atoms with Crippen LogP contribution in [0.25, 0.3) is 11.5 Å². The van der Waals surface area contributed by atoms with Crippen LogP contribution < -0.4 is 5.32 Å². The highest BCUT2D eigenvalue weighted by atomic mass is 32.1. The second kappa shape index (κ2) is 5.54. The number of aromatic nitrogens is 4. The molecule has 2 heterocycles. The van der Waals surface area contributed by atoms with Crippen molar-refractivity contribution in [3.63, 3.8) is 0 Å². The predicted octanol–water partition coefficient (Wildman–Crippen LogP) is 1.14. The minimum atomic E-state index is -0.0370. The number of aromatic amines is 1. The third kappa shape index (κ3) is 2.62. The lowest BCUT2D eigenvalue weighted by Gasteiger charge is -2.05. The Kier molecular flexibility index (Phi) is 3.83. The van der Waals surface area contributed by atoms with Crippen LogP contribution in [-0.4, -0.2) is 32.7 Å². The van der Waals surface area contributed by atoms with Gasteiger partial charge in [-0.2, -0.15) is 5.10 Å². The van der Waals surface area contributed by atoms with Crippen LogP contribution in [0.15, 0.2) is 24.4 Å². The molecule has 2 N–H and O–H groups in total. The van der Waals surface area contributed by atoms with E-state index in [9.17, 15) is 4.79 Å². The molecular formula is C11H13N5OS. The molecule has 0 unspecified atom stereocenters. The molecule has 0 atom stereocenters. The molecular weight excluding hydrogens is 250 g/mol. The van der Waals surface area contributed by atoms with Gasteiger partial charge in [0.05, 0.1) is 0 Å². The first-order valence-electron chi connectivity index (χ1n) is 5.49. The van der Waals surface area contributed by atoms with Gasteiger partial charge in [0.1, 0.15) is 5.69 Å². The lowest BCUT2D eigenvalue weighted by molar-refractivity contribution is -0.120. The number of hydrogen-bond donors (Lipinski definition) is 2. The quantitative estimate of drug-likeness (QED) is 0.811. The third-order valence-electron chi connectivity index (χ3n) is 2.49. The number of H-pyrrole nitrogens is 1. The summed E-state index contributed by atoms with van der Waals surface area (Å²) in [6.07, 6.45) is 2.04. The molecule has 18 heavy (non-hydrogen) atoms. The van der Waals surface area contributed by atoms with Crippen LogP contribution in [0.5, 0.6) is 0 Å². The summed E-state index contributed by atoms with van der Waals surface area (Å²) < 4.78 is 2.26. The molecule has 0 bridgehead atoms. The highest BCUT2D eigenvalue weighted by Gasteiger charge is 2.10. The molecule has 0 aliphatic carbocycles. The normalized spacial score (nSPS) is 10.3. The maximum atomic E-state index is 11.3. The van der Waals surface area contributed by atoms with E-state index in [4.69, 9.17) is 12.2 Å². The zero-order valence-electron chi connectivity index (χ0n) is 9.88. The van der Waals surface area contributed by atoms with Crippen molar-refractivity contribution < 1.29 is 4.79 Å². The fourth-order valence-electron chi connectivity index (χ4n) is 1.55. The van der Waals surface area contributed by atoms with Gasteiger partial charge in [0.15, 0.2) is 10.6 Å². The Hall–Kier alpha value is -2.02. The van der Waals surface area contributed by atoms with E-state index in [0.717, 1.165) is 5.69 Å². The summed E-state index contributed by atoms with van der Waals surface area (Å²) in [6, 6.07) is 5.56. The van der Waals surface area contributed by atoms with E-state index < -0.39 is 0 Å². The summed E-state index contributed by atoms with van der Waals surface area (Å²) in [6.45, 7) is 0.473. The molecule has 6 nitrogen and oxygen atoms in total. The van der Waals surface area contributed by atoms with Crippen molar-refractivity contribution >= 4 is 18.1 Å². The van der Waals surface area contributed by atoms with Gasteiger partial charge < -0.3 is 5.32 Å². The summed E-state index contributed by atoms with van der Waals surface area (Å²) >= 11 is 5.15. The van der Waals surface area contributed by atoms with Crippen molar-refractivity contribution in [1.29, 1.82) is 0 Å². The second-order valence-corrected chi connectivity index (χ2v) is 4.03. The number of pyridine rings is 1. The van der Waals surface area contributed by atoms with Gasteiger partial charge in [-0.1, -0.05) is 6.07 Å². The van der Waals surface area contributed by atoms with Crippen molar-refractivity contribution in [2.45, 2.75) is 13.0 Å². The lowest BCUT2D eigenvalue weighted by Crippen LogP contribution is -2.19. The van der Waals surface area contributed by atoms with Crippen molar-refractivity contribution in [3.05, 3.63) is 29.2 Å². The topological polar surface area (TPSA) is 75.6 Å². The molecule has 1 amide bonds. The van der Waals surface area contributed by atoms with Crippen molar-refractivity contribution in [2.75, 3.05) is 7.05 Å². The average molecular weight is 263 g/mol. The van der Waals surface area contributed by atoms with Crippen LogP contribution >= 0.6 is 12.2 Å². The molecule has 0 aromatic carbocycles.